The van der Waals surface area contributed by atoms with Gasteiger partial charge < -0.3 is 5.32 Å². The van der Waals surface area contributed by atoms with Crippen molar-refractivity contribution in [3.05, 3.63) is 30.1 Å². The second-order valence-corrected chi connectivity index (χ2v) is 6.49. The predicted molar refractivity (Wildman–Crippen MR) is 67.2 cm³/mol. The van der Waals surface area contributed by atoms with Crippen LogP contribution in [0.25, 0.3) is 0 Å². The predicted octanol–water partition coefficient (Wildman–Crippen LogP) is 1.10. The van der Waals surface area contributed by atoms with Gasteiger partial charge in [0.2, 0.25) is 10.0 Å². The van der Waals surface area contributed by atoms with Crippen LogP contribution in [0, 0.1) is 11.7 Å². The van der Waals surface area contributed by atoms with Gasteiger partial charge in [-0.25, -0.2) is 17.5 Å². The lowest BCUT2D eigenvalue weighted by Crippen LogP contribution is -2.48. The highest BCUT2D eigenvalue weighted by Gasteiger charge is 2.24. The second-order valence-electron chi connectivity index (χ2n) is 4.77. The van der Waals surface area contributed by atoms with E-state index in [1.165, 1.54) is 18.2 Å². The molecule has 2 atom stereocenters. The lowest BCUT2D eigenvalue weighted by atomic mass is 9.99. The summed E-state index contributed by atoms with van der Waals surface area (Å²) in [6.07, 6.45) is 0.793. The summed E-state index contributed by atoms with van der Waals surface area (Å²) in [7, 11) is -3.64. The minimum atomic E-state index is -3.64. The molecule has 0 aromatic heterocycles. The second kappa shape index (κ2) is 5.34. The lowest BCUT2D eigenvalue weighted by molar-refractivity contribution is 0.346. The Morgan fingerprint density at radius 3 is 2.83 bits per heavy atom. The smallest absolute Gasteiger partial charge is 0.240 e. The van der Waals surface area contributed by atoms with Crippen LogP contribution < -0.4 is 10.0 Å². The van der Waals surface area contributed by atoms with Crippen molar-refractivity contribution in [3.8, 4) is 0 Å². The Labute approximate surface area is 107 Å². The fourth-order valence-corrected chi connectivity index (χ4v) is 3.45. The first-order valence-corrected chi connectivity index (χ1v) is 7.44. The normalized spacial score (nSPS) is 25.0. The van der Waals surface area contributed by atoms with E-state index in [0.717, 1.165) is 19.0 Å². The molecule has 0 saturated carbocycles. The first-order chi connectivity index (χ1) is 8.47. The van der Waals surface area contributed by atoms with Gasteiger partial charge in [0, 0.05) is 12.6 Å². The fraction of sp³-hybridized carbons (Fsp3) is 0.500. The van der Waals surface area contributed by atoms with E-state index >= 15 is 0 Å². The van der Waals surface area contributed by atoms with Crippen molar-refractivity contribution in [2.45, 2.75) is 24.3 Å². The molecule has 1 fully saturated rings. The van der Waals surface area contributed by atoms with Gasteiger partial charge in [-0.2, -0.15) is 0 Å². The molecule has 2 unspecified atom stereocenters. The zero-order valence-corrected chi connectivity index (χ0v) is 11.0. The van der Waals surface area contributed by atoms with E-state index < -0.39 is 15.8 Å². The molecular formula is C12H17FN2O2S. The standard InChI is InChI=1S/C12H17FN2O2S/c1-9-5-11(8-14-7-9)15-18(16,17)12-4-2-3-10(13)6-12/h2-4,6,9,11,14-15H,5,7-8H2,1H3. The van der Waals surface area contributed by atoms with E-state index in [1.54, 1.807) is 0 Å². The van der Waals surface area contributed by atoms with Gasteiger partial charge in [0.25, 0.3) is 0 Å². The molecule has 0 radical (unpaired) electrons. The summed E-state index contributed by atoms with van der Waals surface area (Å²) in [6, 6.07) is 4.91. The van der Waals surface area contributed by atoms with E-state index in [-0.39, 0.29) is 10.9 Å². The molecule has 4 nitrogen and oxygen atoms in total. The van der Waals surface area contributed by atoms with Crippen LogP contribution in [0.4, 0.5) is 4.39 Å². The van der Waals surface area contributed by atoms with Crippen LogP contribution in [-0.2, 0) is 10.0 Å². The zero-order valence-electron chi connectivity index (χ0n) is 10.2. The van der Waals surface area contributed by atoms with Gasteiger partial charge in [0.1, 0.15) is 5.82 Å². The molecule has 1 aromatic carbocycles. The summed E-state index contributed by atoms with van der Waals surface area (Å²) >= 11 is 0. The monoisotopic (exact) mass is 272 g/mol. The van der Waals surface area contributed by atoms with Crippen molar-refractivity contribution < 1.29 is 12.8 Å². The molecule has 1 aliphatic rings. The van der Waals surface area contributed by atoms with Gasteiger partial charge in [-0.05, 0) is 37.1 Å². The molecule has 1 saturated heterocycles. The number of sulfonamides is 1. The molecular weight excluding hydrogens is 255 g/mol. The first kappa shape index (κ1) is 13.5. The maximum atomic E-state index is 13.0. The van der Waals surface area contributed by atoms with Crippen LogP contribution in [-0.4, -0.2) is 27.5 Å². The summed E-state index contributed by atoms with van der Waals surface area (Å²) in [4.78, 5) is -0.0271. The molecule has 0 aliphatic carbocycles. The van der Waals surface area contributed by atoms with E-state index in [1.807, 2.05) is 0 Å². The Balaban J connectivity index is 2.12. The molecule has 0 bridgehead atoms. The summed E-state index contributed by atoms with van der Waals surface area (Å²) < 4.78 is 39.8. The van der Waals surface area contributed by atoms with Gasteiger partial charge in [-0.1, -0.05) is 13.0 Å². The Hall–Kier alpha value is -0.980. The van der Waals surface area contributed by atoms with Crippen LogP contribution in [0.1, 0.15) is 13.3 Å². The van der Waals surface area contributed by atoms with Crippen molar-refractivity contribution >= 4 is 10.0 Å². The average molecular weight is 272 g/mol. The fourth-order valence-electron chi connectivity index (χ4n) is 2.17. The molecule has 6 heteroatoms. The van der Waals surface area contributed by atoms with Crippen molar-refractivity contribution in [2.75, 3.05) is 13.1 Å². The number of hydrogen-bond acceptors (Lipinski definition) is 3. The van der Waals surface area contributed by atoms with E-state index in [0.29, 0.717) is 12.5 Å². The average Bonchev–Trinajstić information content (AvgIpc) is 2.28. The number of rotatable bonds is 3. The van der Waals surface area contributed by atoms with E-state index in [4.69, 9.17) is 0 Å². The minimum absolute atomic E-state index is 0.0271. The summed E-state index contributed by atoms with van der Waals surface area (Å²) in [6.45, 7) is 3.58. The molecule has 1 heterocycles. The SMILES string of the molecule is CC1CNCC(NS(=O)(=O)c2cccc(F)c2)C1. The highest BCUT2D eigenvalue weighted by atomic mass is 32.2. The maximum Gasteiger partial charge on any atom is 0.240 e. The molecule has 1 aromatic rings. The number of halogens is 1. The van der Waals surface area contributed by atoms with Crippen LogP contribution in [0.5, 0.6) is 0 Å². The highest BCUT2D eigenvalue weighted by molar-refractivity contribution is 7.89. The summed E-state index contributed by atoms with van der Waals surface area (Å²) in [5.74, 6) is -0.119. The van der Waals surface area contributed by atoms with Gasteiger partial charge >= 0.3 is 0 Å². The van der Waals surface area contributed by atoms with Crippen LogP contribution >= 0.6 is 0 Å². The van der Waals surface area contributed by atoms with Crippen LogP contribution in [0.15, 0.2) is 29.2 Å². The van der Waals surface area contributed by atoms with Crippen molar-refractivity contribution in [1.82, 2.24) is 10.0 Å². The number of hydrogen-bond donors (Lipinski definition) is 2. The molecule has 2 rings (SSSR count). The third-order valence-corrected chi connectivity index (χ3v) is 4.52. The van der Waals surface area contributed by atoms with Gasteiger partial charge in [0.15, 0.2) is 0 Å². The minimum Gasteiger partial charge on any atom is -0.315 e. The third kappa shape index (κ3) is 3.28. The molecule has 100 valence electrons. The molecule has 0 amide bonds. The maximum absolute atomic E-state index is 13.0. The number of benzene rings is 1. The summed E-state index contributed by atoms with van der Waals surface area (Å²) in [5, 5.41) is 3.17. The van der Waals surface area contributed by atoms with Gasteiger partial charge in [-0.15, -0.1) is 0 Å². The van der Waals surface area contributed by atoms with Crippen molar-refractivity contribution in [2.24, 2.45) is 5.92 Å². The molecule has 18 heavy (non-hydrogen) atoms. The van der Waals surface area contributed by atoms with Gasteiger partial charge in [-0.3, -0.25) is 0 Å². The Morgan fingerprint density at radius 1 is 1.39 bits per heavy atom. The van der Waals surface area contributed by atoms with E-state index in [9.17, 15) is 12.8 Å². The molecule has 2 N–H and O–H groups in total. The van der Waals surface area contributed by atoms with E-state index in [2.05, 4.69) is 17.0 Å². The lowest BCUT2D eigenvalue weighted by Gasteiger charge is -2.28. The largest absolute Gasteiger partial charge is 0.315 e. The van der Waals surface area contributed by atoms with Crippen LogP contribution in [0.3, 0.4) is 0 Å². The van der Waals surface area contributed by atoms with Crippen LogP contribution in [0.2, 0.25) is 0 Å². The van der Waals surface area contributed by atoms with Crippen molar-refractivity contribution in [3.63, 3.8) is 0 Å². The Kier molecular flexibility index (Phi) is 3.99. The summed E-state index contributed by atoms with van der Waals surface area (Å²) in [5.41, 5.74) is 0. The Morgan fingerprint density at radius 2 is 2.17 bits per heavy atom. The molecule has 0 spiro atoms. The molecule has 1 aliphatic heterocycles. The zero-order chi connectivity index (χ0) is 13.2. The number of piperidine rings is 1. The Bertz CT molecular complexity index is 519. The topological polar surface area (TPSA) is 58.2 Å². The number of nitrogens with one attached hydrogen (secondary N) is 2. The third-order valence-electron chi connectivity index (χ3n) is 3.00. The quantitative estimate of drug-likeness (QED) is 0.866. The van der Waals surface area contributed by atoms with Gasteiger partial charge in [0.05, 0.1) is 4.90 Å². The first-order valence-electron chi connectivity index (χ1n) is 5.96. The highest BCUT2D eigenvalue weighted by Crippen LogP contribution is 2.15. The van der Waals surface area contributed by atoms with Crippen molar-refractivity contribution in [1.29, 1.82) is 0 Å².